The standard InChI is InChI=1S/C23H28ClF2N3O4S/c1-15(22(31)27-23(2,3)4)28(13-16-8-6-7-9-18(16)24)21(30)14-29(34(5,32)33)17-10-11-19(25)20(26)12-17/h6-12,15H,13-14H2,1-5H3,(H,27,31). The lowest BCUT2D eigenvalue weighted by molar-refractivity contribution is -0.140. The van der Waals surface area contributed by atoms with E-state index in [-0.39, 0.29) is 12.2 Å². The molecule has 2 aromatic rings. The van der Waals surface area contributed by atoms with E-state index in [1.165, 1.54) is 11.8 Å². The number of nitrogens with one attached hydrogen (secondary N) is 1. The minimum absolute atomic E-state index is 0.0768. The maximum Gasteiger partial charge on any atom is 0.244 e. The zero-order valence-electron chi connectivity index (χ0n) is 19.6. The molecule has 0 aromatic heterocycles. The van der Waals surface area contributed by atoms with Gasteiger partial charge in [-0.2, -0.15) is 0 Å². The highest BCUT2D eigenvalue weighted by molar-refractivity contribution is 7.92. The highest BCUT2D eigenvalue weighted by Gasteiger charge is 2.32. The maximum atomic E-state index is 13.8. The third-order valence-corrected chi connectivity index (χ3v) is 6.34. The third kappa shape index (κ3) is 7.39. The molecule has 2 amide bonds. The molecule has 34 heavy (non-hydrogen) atoms. The molecule has 0 bridgehead atoms. The van der Waals surface area contributed by atoms with Gasteiger partial charge < -0.3 is 10.2 Å². The summed E-state index contributed by atoms with van der Waals surface area (Å²) in [6.45, 7) is 6.05. The van der Waals surface area contributed by atoms with Gasteiger partial charge in [-0.1, -0.05) is 29.8 Å². The summed E-state index contributed by atoms with van der Waals surface area (Å²) in [6, 6.07) is 8.27. The van der Waals surface area contributed by atoms with Crippen molar-refractivity contribution in [1.82, 2.24) is 10.2 Å². The molecule has 1 atom stereocenters. The molecule has 0 radical (unpaired) electrons. The fraction of sp³-hybridized carbons (Fsp3) is 0.391. The number of carbonyl (C=O) groups is 2. The summed E-state index contributed by atoms with van der Waals surface area (Å²) < 4.78 is 52.7. The minimum atomic E-state index is -4.06. The lowest BCUT2D eigenvalue weighted by atomic mass is 10.1. The van der Waals surface area contributed by atoms with Crippen molar-refractivity contribution in [1.29, 1.82) is 0 Å². The van der Waals surface area contributed by atoms with Crippen molar-refractivity contribution in [3.63, 3.8) is 0 Å². The van der Waals surface area contributed by atoms with Gasteiger partial charge in [-0.25, -0.2) is 17.2 Å². The molecule has 11 heteroatoms. The van der Waals surface area contributed by atoms with Crippen LogP contribution in [-0.2, 0) is 26.2 Å². The van der Waals surface area contributed by atoms with Gasteiger partial charge >= 0.3 is 0 Å². The summed E-state index contributed by atoms with van der Waals surface area (Å²) in [5, 5.41) is 3.16. The molecule has 1 unspecified atom stereocenters. The molecule has 186 valence electrons. The van der Waals surface area contributed by atoms with Crippen LogP contribution in [0, 0.1) is 11.6 Å². The summed E-state index contributed by atoms with van der Waals surface area (Å²) in [4.78, 5) is 27.4. The number of anilines is 1. The molecule has 2 rings (SSSR count). The average Bonchev–Trinajstić information content (AvgIpc) is 2.70. The van der Waals surface area contributed by atoms with Crippen LogP contribution in [0.5, 0.6) is 0 Å². The number of benzene rings is 2. The molecular formula is C23H28ClF2N3O4S. The lowest BCUT2D eigenvalue weighted by Crippen LogP contribution is -2.54. The first kappa shape index (κ1) is 27.5. The maximum absolute atomic E-state index is 13.8. The normalized spacial score (nSPS) is 12.7. The van der Waals surface area contributed by atoms with E-state index in [2.05, 4.69) is 5.32 Å². The van der Waals surface area contributed by atoms with E-state index in [9.17, 15) is 26.8 Å². The first-order valence-corrected chi connectivity index (χ1v) is 12.6. The van der Waals surface area contributed by atoms with Crippen LogP contribution in [0.15, 0.2) is 42.5 Å². The molecule has 0 aliphatic carbocycles. The fourth-order valence-electron chi connectivity index (χ4n) is 3.12. The Morgan fingerprint density at radius 2 is 1.71 bits per heavy atom. The van der Waals surface area contributed by atoms with Crippen molar-refractivity contribution in [2.75, 3.05) is 17.1 Å². The highest BCUT2D eigenvalue weighted by atomic mass is 35.5. The van der Waals surface area contributed by atoms with Crippen LogP contribution < -0.4 is 9.62 Å². The monoisotopic (exact) mass is 515 g/mol. The van der Waals surface area contributed by atoms with Gasteiger partial charge in [0.1, 0.15) is 12.6 Å². The summed E-state index contributed by atoms with van der Waals surface area (Å²) in [7, 11) is -4.06. The van der Waals surface area contributed by atoms with Crippen LogP contribution >= 0.6 is 11.6 Å². The predicted octanol–water partition coefficient (Wildman–Crippen LogP) is 3.72. The van der Waals surface area contributed by atoms with Crippen LogP contribution in [0.3, 0.4) is 0 Å². The Morgan fingerprint density at radius 3 is 2.24 bits per heavy atom. The Balaban J connectivity index is 2.44. The van der Waals surface area contributed by atoms with Crippen molar-refractivity contribution in [3.05, 3.63) is 64.7 Å². The van der Waals surface area contributed by atoms with Crippen LogP contribution in [0.2, 0.25) is 5.02 Å². The van der Waals surface area contributed by atoms with Gasteiger partial charge in [0.05, 0.1) is 11.9 Å². The summed E-state index contributed by atoms with van der Waals surface area (Å²) in [5.41, 5.74) is -0.250. The molecule has 0 fully saturated rings. The fourth-order valence-corrected chi connectivity index (χ4v) is 4.16. The number of hydrogen-bond acceptors (Lipinski definition) is 4. The Hall–Kier alpha value is -2.72. The second-order valence-corrected chi connectivity index (χ2v) is 11.2. The Bertz CT molecular complexity index is 1170. The number of hydrogen-bond donors (Lipinski definition) is 1. The number of sulfonamides is 1. The van der Waals surface area contributed by atoms with E-state index in [4.69, 9.17) is 11.6 Å². The molecular weight excluding hydrogens is 488 g/mol. The van der Waals surface area contributed by atoms with Gasteiger partial charge in [0.15, 0.2) is 11.6 Å². The van der Waals surface area contributed by atoms with E-state index in [0.717, 1.165) is 18.4 Å². The quantitative estimate of drug-likeness (QED) is 0.580. The third-order valence-electron chi connectivity index (χ3n) is 4.83. The van der Waals surface area contributed by atoms with Gasteiger partial charge in [0, 0.05) is 23.2 Å². The van der Waals surface area contributed by atoms with E-state index >= 15 is 0 Å². The SMILES string of the molecule is CC(C(=O)NC(C)(C)C)N(Cc1ccccc1Cl)C(=O)CN(c1ccc(F)c(F)c1)S(C)(=O)=O. The number of carbonyl (C=O) groups excluding carboxylic acids is 2. The summed E-state index contributed by atoms with van der Waals surface area (Å²) in [5.74, 6) is -3.60. The molecule has 0 saturated heterocycles. The summed E-state index contributed by atoms with van der Waals surface area (Å²) >= 11 is 6.25. The Kier molecular flexibility index (Phi) is 8.65. The van der Waals surface area contributed by atoms with Crippen LogP contribution in [0.25, 0.3) is 0 Å². The van der Waals surface area contributed by atoms with E-state index < -0.39 is 51.6 Å². The van der Waals surface area contributed by atoms with Gasteiger partial charge in [0.25, 0.3) is 0 Å². The van der Waals surface area contributed by atoms with E-state index in [1.54, 1.807) is 45.0 Å². The number of halogens is 3. The smallest absolute Gasteiger partial charge is 0.244 e. The minimum Gasteiger partial charge on any atom is -0.350 e. The number of rotatable bonds is 8. The summed E-state index contributed by atoms with van der Waals surface area (Å²) in [6.07, 6.45) is 0.843. The Morgan fingerprint density at radius 1 is 1.09 bits per heavy atom. The van der Waals surface area contributed by atoms with Crippen molar-refractivity contribution in [2.45, 2.75) is 45.8 Å². The molecule has 1 N–H and O–H groups in total. The molecule has 0 aliphatic rings. The predicted molar refractivity (Wildman–Crippen MR) is 128 cm³/mol. The second kappa shape index (κ2) is 10.7. The van der Waals surface area contributed by atoms with E-state index in [0.29, 0.717) is 21.0 Å². The van der Waals surface area contributed by atoms with Gasteiger partial charge in [-0.3, -0.25) is 13.9 Å². The van der Waals surface area contributed by atoms with Gasteiger partial charge in [0.2, 0.25) is 21.8 Å². The van der Waals surface area contributed by atoms with Crippen molar-refractivity contribution in [2.24, 2.45) is 0 Å². The topological polar surface area (TPSA) is 86.8 Å². The van der Waals surface area contributed by atoms with E-state index in [1.807, 2.05) is 0 Å². The molecule has 0 heterocycles. The van der Waals surface area contributed by atoms with Gasteiger partial charge in [-0.15, -0.1) is 0 Å². The zero-order valence-corrected chi connectivity index (χ0v) is 21.2. The number of nitrogens with zero attached hydrogens (tertiary/aromatic N) is 2. The number of amides is 2. The molecule has 7 nitrogen and oxygen atoms in total. The average molecular weight is 516 g/mol. The second-order valence-electron chi connectivity index (χ2n) is 8.90. The zero-order chi connectivity index (χ0) is 25.8. The van der Waals surface area contributed by atoms with Crippen LogP contribution in [0.1, 0.15) is 33.3 Å². The van der Waals surface area contributed by atoms with Crippen molar-refractivity contribution in [3.8, 4) is 0 Å². The molecule has 0 spiro atoms. The van der Waals surface area contributed by atoms with Crippen LogP contribution in [0.4, 0.5) is 14.5 Å². The molecule has 0 saturated carbocycles. The van der Waals surface area contributed by atoms with Gasteiger partial charge in [-0.05, 0) is 51.5 Å². The largest absolute Gasteiger partial charge is 0.350 e. The first-order chi connectivity index (χ1) is 15.6. The Labute approximate surface area is 203 Å². The lowest BCUT2D eigenvalue weighted by Gasteiger charge is -2.33. The van der Waals surface area contributed by atoms with Crippen molar-refractivity contribution < 1.29 is 26.8 Å². The van der Waals surface area contributed by atoms with Crippen molar-refractivity contribution >= 4 is 39.1 Å². The molecule has 2 aromatic carbocycles. The first-order valence-electron chi connectivity index (χ1n) is 10.4. The highest BCUT2D eigenvalue weighted by Crippen LogP contribution is 2.23. The van der Waals surface area contributed by atoms with Crippen LogP contribution in [-0.4, -0.2) is 49.5 Å². The molecule has 0 aliphatic heterocycles.